The first-order chi connectivity index (χ1) is 18.5. The van der Waals surface area contributed by atoms with Crippen LogP contribution in [0.5, 0.6) is 0 Å². The van der Waals surface area contributed by atoms with Crippen LogP contribution in [0.1, 0.15) is 49.2 Å². The van der Waals surface area contributed by atoms with Gasteiger partial charge in [-0.1, -0.05) is 0 Å². The van der Waals surface area contributed by atoms with Gasteiger partial charge in [0.25, 0.3) is 0 Å². The van der Waals surface area contributed by atoms with Gasteiger partial charge in [-0.3, -0.25) is 14.7 Å². The van der Waals surface area contributed by atoms with Crippen LogP contribution in [-0.4, -0.2) is 73.8 Å². The number of rotatable bonds is 4. The molecule has 2 saturated heterocycles. The summed E-state index contributed by atoms with van der Waals surface area (Å²) in [4.78, 5) is 39.1. The van der Waals surface area contributed by atoms with Crippen molar-refractivity contribution >= 4 is 17.8 Å². The molecule has 2 aromatic heterocycles. The van der Waals surface area contributed by atoms with E-state index in [1.807, 2.05) is 37.5 Å². The highest BCUT2D eigenvalue weighted by Gasteiger charge is 2.45. The van der Waals surface area contributed by atoms with Gasteiger partial charge in [0.05, 0.1) is 6.54 Å². The summed E-state index contributed by atoms with van der Waals surface area (Å²) in [6.45, 7) is 5.64. The Morgan fingerprint density at radius 3 is 2.00 bits per heavy atom. The van der Waals surface area contributed by atoms with Crippen molar-refractivity contribution in [1.82, 2.24) is 14.8 Å². The third kappa shape index (κ3) is 9.84. The standard InChI is InChI=1S/C21H27N3O2.2C2HF3O2/c1-17-3-4-19(26-17)16-23-13-2-8-21(10-14-23)9-5-20(25)24(21)15-18-6-11-22-12-7-18;2*3-2(4,5)1(6)7/h3-4,6-7,11-12H,2,5,8-10,13-16H2,1H3;2*(H,6,7). The van der Waals surface area contributed by atoms with Crippen LogP contribution in [0.3, 0.4) is 0 Å². The highest BCUT2D eigenvalue weighted by atomic mass is 19.4. The number of alkyl halides is 6. The lowest BCUT2D eigenvalue weighted by Gasteiger charge is -2.38. The smallest absolute Gasteiger partial charge is 0.475 e. The largest absolute Gasteiger partial charge is 0.490 e. The molecule has 4 rings (SSSR count). The number of halogens is 6. The maximum atomic E-state index is 12.6. The molecule has 9 nitrogen and oxygen atoms in total. The number of amides is 1. The summed E-state index contributed by atoms with van der Waals surface area (Å²) < 4.78 is 69.2. The van der Waals surface area contributed by atoms with E-state index in [1.54, 1.807) is 0 Å². The lowest BCUT2D eigenvalue weighted by molar-refractivity contribution is -0.193. The van der Waals surface area contributed by atoms with Crippen LogP contribution < -0.4 is 0 Å². The molecule has 1 spiro atoms. The van der Waals surface area contributed by atoms with Gasteiger partial charge in [-0.25, -0.2) is 9.59 Å². The molecule has 2 fully saturated rings. The summed E-state index contributed by atoms with van der Waals surface area (Å²) in [7, 11) is 0. The molecular formula is C25H29F6N3O6. The van der Waals surface area contributed by atoms with Crippen LogP contribution in [0, 0.1) is 6.92 Å². The number of hydrogen-bond donors (Lipinski definition) is 2. The Balaban J connectivity index is 0.000000333. The van der Waals surface area contributed by atoms with E-state index in [0.29, 0.717) is 18.9 Å². The molecule has 4 heterocycles. The average molecular weight is 582 g/mol. The third-order valence-electron chi connectivity index (χ3n) is 6.44. The zero-order chi connectivity index (χ0) is 30.1. The summed E-state index contributed by atoms with van der Waals surface area (Å²) in [5.41, 5.74) is 1.19. The van der Waals surface area contributed by atoms with Gasteiger partial charge in [-0.15, -0.1) is 0 Å². The second kappa shape index (κ2) is 13.6. The highest BCUT2D eigenvalue weighted by molar-refractivity contribution is 5.79. The van der Waals surface area contributed by atoms with Gasteiger partial charge in [-0.2, -0.15) is 26.3 Å². The van der Waals surface area contributed by atoms with E-state index in [1.165, 1.54) is 5.56 Å². The van der Waals surface area contributed by atoms with Crippen LogP contribution in [0.2, 0.25) is 0 Å². The number of carboxylic acids is 2. The molecule has 40 heavy (non-hydrogen) atoms. The minimum Gasteiger partial charge on any atom is -0.475 e. The molecule has 0 saturated carbocycles. The van der Waals surface area contributed by atoms with Crippen LogP contribution in [0.15, 0.2) is 41.1 Å². The van der Waals surface area contributed by atoms with Gasteiger partial charge in [0.15, 0.2) is 0 Å². The van der Waals surface area contributed by atoms with Crippen molar-refractivity contribution in [2.45, 2.75) is 70.0 Å². The highest BCUT2D eigenvalue weighted by Crippen LogP contribution is 2.40. The SMILES string of the molecule is Cc1ccc(CN2CCCC3(CCC(=O)N3Cc3ccncc3)CC2)o1.O=C(O)C(F)(F)F.O=C(O)C(F)(F)F. The number of aliphatic carboxylic acids is 2. The van der Waals surface area contributed by atoms with Crippen LogP contribution in [-0.2, 0) is 27.5 Å². The number of likely N-dealkylation sites (tertiary alicyclic amines) is 2. The van der Waals surface area contributed by atoms with E-state index in [9.17, 15) is 31.1 Å². The van der Waals surface area contributed by atoms with Gasteiger partial charge in [0, 0.05) is 37.4 Å². The fourth-order valence-corrected chi connectivity index (χ4v) is 4.50. The van der Waals surface area contributed by atoms with Crippen molar-refractivity contribution in [3.8, 4) is 0 Å². The third-order valence-corrected chi connectivity index (χ3v) is 6.44. The van der Waals surface area contributed by atoms with E-state index in [-0.39, 0.29) is 5.54 Å². The Hall–Kier alpha value is -3.62. The first-order valence-electron chi connectivity index (χ1n) is 12.1. The maximum Gasteiger partial charge on any atom is 0.490 e. The first kappa shape index (κ1) is 32.6. The van der Waals surface area contributed by atoms with Crippen molar-refractivity contribution in [1.29, 1.82) is 0 Å². The minimum absolute atomic E-state index is 0.0220. The number of nitrogens with zero attached hydrogens (tertiary/aromatic N) is 3. The summed E-state index contributed by atoms with van der Waals surface area (Å²) in [6, 6.07) is 8.13. The number of carboxylic acid groups (broad SMARTS) is 2. The Morgan fingerprint density at radius 2 is 1.50 bits per heavy atom. The number of hydrogen-bond acceptors (Lipinski definition) is 6. The fourth-order valence-electron chi connectivity index (χ4n) is 4.50. The van der Waals surface area contributed by atoms with Crippen LogP contribution >= 0.6 is 0 Å². The molecular weight excluding hydrogens is 552 g/mol. The molecule has 2 aromatic rings. The Kier molecular flexibility index (Phi) is 11.1. The van der Waals surface area contributed by atoms with Gasteiger partial charge >= 0.3 is 24.3 Å². The number of pyridine rings is 1. The summed E-state index contributed by atoms with van der Waals surface area (Å²) in [5.74, 6) is -3.21. The Bertz CT molecular complexity index is 1110. The van der Waals surface area contributed by atoms with Crippen molar-refractivity contribution in [2.75, 3.05) is 13.1 Å². The minimum atomic E-state index is -5.08. The molecule has 1 unspecified atom stereocenters. The number of carbonyl (C=O) groups is 3. The van der Waals surface area contributed by atoms with E-state index >= 15 is 0 Å². The maximum absolute atomic E-state index is 12.6. The quantitative estimate of drug-likeness (QED) is 0.494. The second-order valence-corrected chi connectivity index (χ2v) is 9.31. The van der Waals surface area contributed by atoms with Gasteiger partial charge in [0.1, 0.15) is 11.5 Å². The average Bonchev–Trinajstić information content (AvgIpc) is 3.32. The molecule has 1 atom stereocenters. The van der Waals surface area contributed by atoms with E-state index < -0.39 is 24.3 Å². The molecule has 0 bridgehead atoms. The van der Waals surface area contributed by atoms with Gasteiger partial charge in [-0.05, 0) is 69.0 Å². The molecule has 15 heteroatoms. The monoisotopic (exact) mass is 581 g/mol. The summed E-state index contributed by atoms with van der Waals surface area (Å²) in [6.07, 6.45) is -1.61. The fraction of sp³-hybridized carbons (Fsp3) is 0.520. The normalized spacial score (nSPS) is 19.8. The molecule has 0 radical (unpaired) electrons. The van der Waals surface area contributed by atoms with E-state index in [4.69, 9.17) is 24.2 Å². The number of aromatic nitrogens is 1. The molecule has 0 aromatic carbocycles. The first-order valence-corrected chi connectivity index (χ1v) is 12.1. The molecule has 2 N–H and O–H groups in total. The predicted octanol–water partition coefficient (Wildman–Crippen LogP) is 4.80. The second-order valence-electron chi connectivity index (χ2n) is 9.31. The molecule has 2 aliphatic rings. The van der Waals surface area contributed by atoms with Crippen molar-refractivity contribution in [2.24, 2.45) is 0 Å². The predicted molar refractivity (Wildman–Crippen MR) is 127 cm³/mol. The lowest BCUT2D eigenvalue weighted by Crippen LogP contribution is -2.45. The topological polar surface area (TPSA) is 124 Å². The van der Waals surface area contributed by atoms with Crippen molar-refractivity contribution in [3.05, 3.63) is 53.7 Å². The van der Waals surface area contributed by atoms with E-state index in [2.05, 4.69) is 20.9 Å². The number of carbonyl (C=O) groups excluding carboxylic acids is 1. The van der Waals surface area contributed by atoms with Crippen LogP contribution in [0.4, 0.5) is 26.3 Å². The zero-order valence-corrected chi connectivity index (χ0v) is 21.5. The Morgan fingerprint density at radius 1 is 0.925 bits per heavy atom. The zero-order valence-electron chi connectivity index (χ0n) is 21.5. The molecule has 0 aliphatic carbocycles. The number of aryl methyl sites for hydroxylation is 1. The van der Waals surface area contributed by atoms with E-state index in [0.717, 1.165) is 56.8 Å². The molecule has 1 amide bonds. The van der Waals surface area contributed by atoms with Crippen molar-refractivity contribution in [3.63, 3.8) is 0 Å². The molecule has 2 aliphatic heterocycles. The summed E-state index contributed by atoms with van der Waals surface area (Å²) >= 11 is 0. The van der Waals surface area contributed by atoms with Crippen molar-refractivity contribution < 1.29 is 55.4 Å². The number of furan rings is 1. The van der Waals surface area contributed by atoms with Gasteiger partial charge in [0.2, 0.25) is 5.91 Å². The van der Waals surface area contributed by atoms with Gasteiger partial charge < -0.3 is 19.5 Å². The molecule has 222 valence electrons. The Labute approximate surface area is 225 Å². The van der Waals surface area contributed by atoms with Crippen LogP contribution in [0.25, 0.3) is 0 Å². The lowest BCUT2D eigenvalue weighted by atomic mass is 9.87. The summed E-state index contributed by atoms with van der Waals surface area (Å²) in [5, 5.41) is 14.2.